The molecule has 0 spiro atoms. The summed E-state index contributed by atoms with van der Waals surface area (Å²) in [7, 11) is 0. The summed E-state index contributed by atoms with van der Waals surface area (Å²) in [5.41, 5.74) is 2.20. The van der Waals surface area contributed by atoms with E-state index in [0.717, 1.165) is 18.7 Å². The van der Waals surface area contributed by atoms with Crippen LogP contribution in [0.2, 0.25) is 0 Å². The van der Waals surface area contributed by atoms with Gasteiger partial charge in [0, 0.05) is 49.3 Å². The van der Waals surface area contributed by atoms with E-state index in [1.54, 1.807) is 12.4 Å². The molecule has 5 nitrogen and oxygen atoms in total. The Kier molecular flexibility index (Phi) is 3.29. The van der Waals surface area contributed by atoms with Gasteiger partial charge in [0.25, 0.3) is 0 Å². The van der Waals surface area contributed by atoms with Crippen molar-refractivity contribution >= 4 is 11.0 Å². The van der Waals surface area contributed by atoms with Crippen molar-refractivity contribution in [3.63, 3.8) is 0 Å². The molecule has 3 rings (SSSR count). The van der Waals surface area contributed by atoms with Crippen LogP contribution >= 0.6 is 0 Å². The maximum atomic E-state index is 4.29. The number of hydrogen-bond acceptors (Lipinski definition) is 3. The quantitative estimate of drug-likeness (QED) is 0.732. The highest BCUT2D eigenvalue weighted by Gasteiger charge is 2.06. The number of aromatic amines is 1. The Morgan fingerprint density at radius 2 is 2.37 bits per heavy atom. The summed E-state index contributed by atoms with van der Waals surface area (Å²) in [4.78, 5) is 11.5. The largest absolute Gasteiger partial charge is 0.346 e. The van der Waals surface area contributed by atoms with E-state index in [0.29, 0.717) is 6.04 Å². The molecule has 0 saturated heterocycles. The normalized spacial score (nSPS) is 12.9. The number of nitrogens with one attached hydrogen (secondary N) is 2. The van der Waals surface area contributed by atoms with Gasteiger partial charge in [0.2, 0.25) is 0 Å². The van der Waals surface area contributed by atoms with Crippen molar-refractivity contribution in [3.8, 4) is 0 Å². The fraction of sp³-hybridized carbons (Fsp3) is 0.286. The van der Waals surface area contributed by atoms with Gasteiger partial charge >= 0.3 is 0 Å². The molecule has 0 bridgehead atoms. The predicted molar refractivity (Wildman–Crippen MR) is 74.6 cm³/mol. The lowest BCUT2D eigenvalue weighted by molar-refractivity contribution is 0.477. The Morgan fingerprint density at radius 3 is 3.21 bits per heavy atom. The molecule has 2 N–H and O–H groups in total. The van der Waals surface area contributed by atoms with Gasteiger partial charge in [0.15, 0.2) is 0 Å². The molecule has 0 aromatic carbocycles. The zero-order valence-corrected chi connectivity index (χ0v) is 10.9. The fourth-order valence-corrected chi connectivity index (χ4v) is 2.22. The van der Waals surface area contributed by atoms with E-state index in [1.807, 2.05) is 24.8 Å². The van der Waals surface area contributed by atoms with Crippen LogP contribution in [0.1, 0.15) is 12.5 Å². The van der Waals surface area contributed by atoms with Gasteiger partial charge in [-0.1, -0.05) is 0 Å². The second-order valence-corrected chi connectivity index (χ2v) is 4.75. The summed E-state index contributed by atoms with van der Waals surface area (Å²) in [6.45, 7) is 3.93. The number of hydrogen-bond donors (Lipinski definition) is 2. The molecule has 3 aromatic rings. The minimum atomic E-state index is 0.385. The summed E-state index contributed by atoms with van der Waals surface area (Å²) in [5.74, 6) is 0. The van der Waals surface area contributed by atoms with E-state index >= 15 is 0 Å². The summed E-state index contributed by atoms with van der Waals surface area (Å²) in [6, 6.07) is 4.45. The number of fused-ring (bicyclic) bond motifs is 1. The van der Waals surface area contributed by atoms with Gasteiger partial charge in [-0.2, -0.15) is 0 Å². The van der Waals surface area contributed by atoms with E-state index in [1.165, 1.54) is 10.9 Å². The predicted octanol–water partition coefficient (Wildman–Crippen LogP) is 1.94. The molecule has 1 atom stereocenters. The van der Waals surface area contributed by atoms with Crippen LogP contribution in [0.4, 0.5) is 0 Å². The molecule has 98 valence electrons. The lowest BCUT2D eigenvalue weighted by atomic mass is 10.2. The summed E-state index contributed by atoms with van der Waals surface area (Å²) in [6.07, 6.45) is 9.45. The minimum absolute atomic E-state index is 0.385. The Labute approximate surface area is 111 Å². The Bertz CT molecular complexity index is 641. The first kappa shape index (κ1) is 11.9. The van der Waals surface area contributed by atoms with Gasteiger partial charge in [0.05, 0.1) is 6.33 Å². The van der Waals surface area contributed by atoms with Crippen LogP contribution in [0.25, 0.3) is 11.0 Å². The van der Waals surface area contributed by atoms with E-state index < -0.39 is 0 Å². The van der Waals surface area contributed by atoms with Gasteiger partial charge in [-0.05, 0) is 24.6 Å². The number of aromatic nitrogens is 4. The fourth-order valence-electron chi connectivity index (χ4n) is 2.22. The molecular weight excluding hydrogens is 238 g/mol. The first-order valence-electron chi connectivity index (χ1n) is 6.43. The third kappa shape index (κ3) is 2.66. The highest BCUT2D eigenvalue weighted by molar-refractivity contribution is 5.79. The number of nitrogens with zero attached hydrogens (tertiary/aromatic N) is 3. The molecule has 0 aliphatic heterocycles. The van der Waals surface area contributed by atoms with Crippen LogP contribution in [0.5, 0.6) is 0 Å². The first-order valence-corrected chi connectivity index (χ1v) is 6.43. The van der Waals surface area contributed by atoms with Crippen molar-refractivity contribution in [1.82, 2.24) is 24.8 Å². The highest BCUT2D eigenvalue weighted by Crippen LogP contribution is 2.15. The van der Waals surface area contributed by atoms with Crippen molar-refractivity contribution < 1.29 is 0 Å². The lowest BCUT2D eigenvalue weighted by Gasteiger charge is -2.13. The van der Waals surface area contributed by atoms with Crippen LogP contribution in [0.15, 0.2) is 43.2 Å². The van der Waals surface area contributed by atoms with Gasteiger partial charge in [-0.15, -0.1) is 0 Å². The summed E-state index contributed by atoms with van der Waals surface area (Å²) in [5, 5.41) is 4.70. The molecule has 19 heavy (non-hydrogen) atoms. The van der Waals surface area contributed by atoms with E-state index in [9.17, 15) is 0 Å². The Balaban J connectivity index is 1.62. The van der Waals surface area contributed by atoms with E-state index in [-0.39, 0.29) is 0 Å². The molecule has 3 heterocycles. The number of rotatable bonds is 5. The van der Waals surface area contributed by atoms with Crippen molar-refractivity contribution in [1.29, 1.82) is 0 Å². The van der Waals surface area contributed by atoms with Crippen LogP contribution in [0, 0.1) is 0 Å². The van der Waals surface area contributed by atoms with Crippen LogP contribution in [0.3, 0.4) is 0 Å². The van der Waals surface area contributed by atoms with Gasteiger partial charge in [-0.3, -0.25) is 0 Å². The van der Waals surface area contributed by atoms with Crippen molar-refractivity contribution in [3.05, 3.63) is 48.8 Å². The standard InChI is InChI=1S/C14H17N5/c1-11(9-19-6-5-15-10-19)17-7-12-8-18-14-13(12)3-2-4-16-14/h2-6,8,10-11,17H,7,9H2,1H3,(H,16,18). The average Bonchev–Trinajstić information content (AvgIpc) is 3.05. The maximum Gasteiger partial charge on any atom is 0.137 e. The molecule has 1 unspecified atom stereocenters. The number of imidazole rings is 1. The molecule has 0 aliphatic carbocycles. The van der Waals surface area contributed by atoms with Crippen molar-refractivity contribution in [2.45, 2.75) is 26.1 Å². The molecule has 0 radical (unpaired) electrons. The highest BCUT2D eigenvalue weighted by atomic mass is 15.1. The smallest absolute Gasteiger partial charge is 0.137 e. The molecule has 0 aliphatic rings. The van der Waals surface area contributed by atoms with Crippen LogP contribution in [-0.4, -0.2) is 25.6 Å². The van der Waals surface area contributed by atoms with Gasteiger partial charge < -0.3 is 14.9 Å². The monoisotopic (exact) mass is 255 g/mol. The average molecular weight is 255 g/mol. The zero-order valence-electron chi connectivity index (χ0n) is 10.9. The molecule has 0 amide bonds. The SMILES string of the molecule is CC(Cn1ccnc1)NCc1c[nH]c2ncccc12. The second kappa shape index (κ2) is 5.24. The van der Waals surface area contributed by atoms with E-state index in [2.05, 4.69) is 37.8 Å². The molecule has 5 heteroatoms. The third-order valence-electron chi connectivity index (χ3n) is 3.22. The maximum absolute atomic E-state index is 4.29. The lowest BCUT2D eigenvalue weighted by Crippen LogP contribution is -2.29. The molecule has 0 fully saturated rings. The first-order chi connectivity index (χ1) is 9.33. The van der Waals surface area contributed by atoms with Crippen molar-refractivity contribution in [2.24, 2.45) is 0 Å². The second-order valence-electron chi connectivity index (χ2n) is 4.75. The Morgan fingerprint density at radius 1 is 1.42 bits per heavy atom. The minimum Gasteiger partial charge on any atom is -0.346 e. The molecule has 0 saturated carbocycles. The summed E-state index contributed by atoms with van der Waals surface area (Å²) >= 11 is 0. The summed E-state index contributed by atoms with van der Waals surface area (Å²) < 4.78 is 2.08. The van der Waals surface area contributed by atoms with Crippen LogP contribution < -0.4 is 5.32 Å². The van der Waals surface area contributed by atoms with Crippen molar-refractivity contribution in [2.75, 3.05) is 0 Å². The zero-order chi connectivity index (χ0) is 13.1. The molecule has 3 aromatic heterocycles. The third-order valence-corrected chi connectivity index (χ3v) is 3.22. The van der Waals surface area contributed by atoms with Gasteiger partial charge in [-0.25, -0.2) is 9.97 Å². The van der Waals surface area contributed by atoms with Crippen LogP contribution in [-0.2, 0) is 13.1 Å². The van der Waals surface area contributed by atoms with Gasteiger partial charge in [0.1, 0.15) is 5.65 Å². The number of H-pyrrole nitrogens is 1. The van der Waals surface area contributed by atoms with E-state index in [4.69, 9.17) is 0 Å². The molecular formula is C14H17N5. The Hall–Kier alpha value is -2.14. The topological polar surface area (TPSA) is 58.5 Å². The number of pyridine rings is 1.